The SMILES string of the molecule is CC(C)Oc1cccc(C(=O)[C@H]2CCCN(Cc3nc(C(C)C)cs3)C2)c1. The van der Waals surface area contributed by atoms with E-state index in [1.165, 1.54) is 5.69 Å². The Kier molecular flexibility index (Phi) is 6.66. The van der Waals surface area contributed by atoms with E-state index < -0.39 is 0 Å². The van der Waals surface area contributed by atoms with Gasteiger partial charge in [-0.2, -0.15) is 0 Å². The number of hydrogen-bond donors (Lipinski definition) is 0. The van der Waals surface area contributed by atoms with Crippen LogP contribution in [0.15, 0.2) is 29.6 Å². The Labute approximate surface area is 166 Å². The van der Waals surface area contributed by atoms with Crippen molar-refractivity contribution in [2.24, 2.45) is 5.92 Å². The molecule has 0 saturated carbocycles. The molecule has 3 rings (SSSR count). The average Bonchev–Trinajstić information content (AvgIpc) is 3.10. The van der Waals surface area contributed by atoms with E-state index >= 15 is 0 Å². The van der Waals surface area contributed by atoms with Crippen LogP contribution in [0.25, 0.3) is 0 Å². The smallest absolute Gasteiger partial charge is 0.167 e. The molecule has 0 amide bonds. The fourth-order valence-electron chi connectivity index (χ4n) is 3.50. The number of carbonyl (C=O) groups excluding carboxylic acids is 1. The van der Waals surface area contributed by atoms with Crippen molar-refractivity contribution < 1.29 is 9.53 Å². The summed E-state index contributed by atoms with van der Waals surface area (Å²) in [5.41, 5.74) is 1.93. The second-order valence-corrected chi connectivity index (χ2v) is 8.90. The number of Topliss-reactive ketones (excluding diaryl/α,β-unsaturated/α-hetero) is 1. The summed E-state index contributed by atoms with van der Waals surface area (Å²) in [5.74, 6) is 1.52. The van der Waals surface area contributed by atoms with E-state index in [1.54, 1.807) is 11.3 Å². The molecule has 0 bridgehead atoms. The Balaban J connectivity index is 1.64. The minimum atomic E-state index is 0.0533. The number of piperidine rings is 1. The van der Waals surface area contributed by atoms with Gasteiger partial charge in [0, 0.05) is 23.4 Å². The summed E-state index contributed by atoms with van der Waals surface area (Å²) in [6.45, 7) is 11.0. The summed E-state index contributed by atoms with van der Waals surface area (Å²) in [5, 5.41) is 3.31. The molecule has 0 N–H and O–H groups in total. The Morgan fingerprint density at radius 1 is 1.33 bits per heavy atom. The van der Waals surface area contributed by atoms with Gasteiger partial charge in [0.25, 0.3) is 0 Å². The van der Waals surface area contributed by atoms with Crippen molar-refractivity contribution in [3.8, 4) is 5.75 Å². The third-order valence-electron chi connectivity index (χ3n) is 4.89. The van der Waals surface area contributed by atoms with Crippen LogP contribution in [0.2, 0.25) is 0 Å². The highest BCUT2D eigenvalue weighted by molar-refractivity contribution is 7.09. The molecule has 146 valence electrons. The Morgan fingerprint density at radius 2 is 2.15 bits per heavy atom. The minimum absolute atomic E-state index is 0.0533. The summed E-state index contributed by atoms with van der Waals surface area (Å²) in [4.78, 5) is 20.2. The first kappa shape index (κ1) is 20.0. The fraction of sp³-hybridized carbons (Fsp3) is 0.545. The first-order valence-electron chi connectivity index (χ1n) is 9.90. The molecular weight excluding hydrogens is 356 g/mol. The van der Waals surface area contributed by atoms with Gasteiger partial charge in [-0.3, -0.25) is 9.69 Å². The van der Waals surface area contributed by atoms with Gasteiger partial charge in [0.05, 0.1) is 18.3 Å². The number of hydrogen-bond acceptors (Lipinski definition) is 5. The van der Waals surface area contributed by atoms with Crippen molar-refractivity contribution in [1.82, 2.24) is 9.88 Å². The van der Waals surface area contributed by atoms with Crippen molar-refractivity contribution in [1.29, 1.82) is 0 Å². The number of benzene rings is 1. The van der Waals surface area contributed by atoms with E-state index in [4.69, 9.17) is 9.72 Å². The van der Waals surface area contributed by atoms with Gasteiger partial charge in [-0.1, -0.05) is 26.0 Å². The number of ketones is 1. The predicted octanol–water partition coefficient (Wildman–Crippen LogP) is 5.15. The summed E-state index contributed by atoms with van der Waals surface area (Å²) in [7, 11) is 0. The highest BCUT2D eigenvalue weighted by atomic mass is 32.1. The number of likely N-dealkylation sites (tertiary alicyclic amines) is 1. The zero-order valence-corrected chi connectivity index (χ0v) is 17.6. The summed E-state index contributed by atoms with van der Waals surface area (Å²) in [6, 6.07) is 7.62. The van der Waals surface area contributed by atoms with Gasteiger partial charge in [-0.05, 0) is 51.3 Å². The maximum atomic E-state index is 13.0. The molecule has 1 aromatic carbocycles. The van der Waals surface area contributed by atoms with Crippen LogP contribution < -0.4 is 4.74 Å². The van der Waals surface area contributed by atoms with E-state index in [-0.39, 0.29) is 17.8 Å². The lowest BCUT2D eigenvalue weighted by molar-refractivity contribution is 0.0810. The second kappa shape index (κ2) is 8.98. The molecule has 1 atom stereocenters. The topological polar surface area (TPSA) is 42.4 Å². The number of aromatic nitrogens is 1. The highest BCUT2D eigenvalue weighted by Gasteiger charge is 2.27. The van der Waals surface area contributed by atoms with Gasteiger partial charge >= 0.3 is 0 Å². The first-order valence-corrected chi connectivity index (χ1v) is 10.8. The Hall–Kier alpha value is -1.72. The lowest BCUT2D eigenvalue weighted by atomic mass is 9.90. The van der Waals surface area contributed by atoms with E-state index in [2.05, 4.69) is 24.1 Å². The van der Waals surface area contributed by atoms with Gasteiger partial charge in [-0.15, -0.1) is 11.3 Å². The highest BCUT2D eigenvalue weighted by Crippen LogP contribution is 2.26. The molecule has 4 nitrogen and oxygen atoms in total. The molecule has 0 aliphatic carbocycles. The van der Waals surface area contributed by atoms with E-state index in [9.17, 15) is 4.79 Å². The van der Waals surface area contributed by atoms with Crippen molar-refractivity contribution >= 4 is 17.1 Å². The van der Waals surface area contributed by atoms with Crippen LogP contribution in [0.5, 0.6) is 5.75 Å². The van der Waals surface area contributed by atoms with Crippen LogP contribution in [0.4, 0.5) is 0 Å². The molecule has 1 aromatic heterocycles. The zero-order valence-electron chi connectivity index (χ0n) is 16.8. The van der Waals surface area contributed by atoms with Crippen molar-refractivity contribution in [2.45, 2.75) is 59.1 Å². The number of rotatable bonds is 7. The average molecular weight is 387 g/mol. The standard InChI is InChI=1S/C22H30N2O2S/c1-15(2)20-14-27-21(23-20)13-24-10-6-8-18(12-24)22(25)17-7-5-9-19(11-17)26-16(3)4/h5,7,9,11,14-16,18H,6,8,10,12-13H2,1-4H3/t18-/m0/s1. The van der Waals surface area contributed by atoms with Crippen LogP contribution in [0.1, 0.15) is 67.5 Å². The third-order valence-corrected chi connectivity index (χ3v) is 5.74. The zero-order chi connectivity index (χ0) is 19.4. The number of nitrogens with zero attached hydrogens (tertiary/aromatic N) is 2. The summed E-state index contributed by atoms with van der Waals surface area (Å²) in [6.07, 6.45) is 2.12. The molecule has 27 heavy (non-hydrogen) atoms. The summed E-state index contributed by atoms with van der Waals surface area (Å²) < 4.78 is 5.74. The number of ether oxygens (including phenoxy) is 1. The van der Waals surface area contributed by atoms with Crippen LogP contribution in [0, 0.1) is 5.92 Å². The molecule has 0 unspecified atom stereocenters. The van der Waals surface area contributed by atoms with Crippen LogP contribution in [-0.2, 0) is 6.54 Å². The van der Waals surface area contributed by atoms with E-state index in [0.29, 0.717) is 5.92 Å². The van der Waals surface area contributed by atoms with Crippen molar-refractivity contribution in [3.63, 3.8) is 0 Å². The first-order chi connectivity index (χ1) is 12.9. The largest absolute Gasteiger partial charge is 0.491 e. The quantitative estimate of drug-likeness (QED) is 0.617. The Morgan fingerprint density at radius 3 is 2.85 bits per heavy atom. The lowest BCUT2D eigenvalue weighted by Crippen LogP contribution is -2.38. The monoisotopic (exact) mass is 386 g/mol. The van der Waals surface area contributed by atoms with Gasteiger partial charge in [0.2, 0.25) is 0 Å². The maximum absolute atomic E-state index is 13.0. The molecule has 5 heteroatoms. The molecule has 1 saturated heterocycles. The molecule has 1 aliphatic heterocycles. The molecular formula is C22H30N2O2S. The van der Waals surface area contributed by atoms with Gasteiger partial charge in [-0.25, -0.2) is 4.98 Å². The summed E-state index contributed by atoms with van der Waals surface area (Å²) >= 11 is 1.73. The fourth-order valence-corrected chi connectivity index (χ4v) is 4.49. The van der Waals surface area contributed by atoms with Crippen molar-refractivity contribution in [3.05, 3.63) is 45.9 Å². The lowest BCUT2D eigenvalue weighted by Gasteiger charge is -2.31. The van der Waals surface area contributed by atoms with Gasteiger partial charge in [0.15, 0.2) is 5.78 Å². The minimum Gasteiger partial charge on any atom is -0.491 e. The van der Waals surface area contributed by atoms with E-state index in [0.717, 1.165) is 48.8 Å². The predicted molar refractivity (Wildman–Crippen MR) is 111 cm³/mol. The molecule has 0 radical (unpaired) electrons. The molecule has 0 spiro atoms. The van der Waals surface area contributed by atoms with Crippen LogP contribution >= 0.6 is 11.3 Å². The van der Waals surface area contributed by atoms with Crippen LogP contribution in [0.3, 0.4) is 0 Å². The molecule has 1 fully saturated rings. The Bertz CT molecular complexity index is 769. The van der Waals surface area contributed by atoms with E-state index in [1.807, 2.05) is 38.1 Å². The molecule has 2 aromatic rings. The second-order valence-electron chi connectivity index (χ2n) is 7.95. The molecule has 1 aliphatic rings. The van der Waals surface area contributed by atoms with Gasteiger partial charge in [0.1, 0.15) is 10.8 Å². The number of carbonyl (C=O) groups is 1. The normalized spacial score (nSPS) is 18.2. The number of thiazole rings is 1. The maximum Gasteiger partial charge on any atom is 0.167 e. The van der Waals surface area contributed by atoms with Crippen LogP contribution in [-0.4, -0.2) is 34.9 Å². The molecule has 2 heterocycles. The van der Waals surface area contributed by atoms with Gasteiger partial charge < -0.3 is 4.74 Å². The van der Waals surface area contributed by atoms with Crippen molar-refractivity contribution in [2.75, 3.05) is 13.1 Å². The third kappa shape index (κ3) is 5.39.